The van der Waals surface area contributed by atoms with E-state index in [2.05, 4.69) is 5.32 Å². The number of rotatable bonds is 10. The van der Waals surface area contributed by atoms with Gasteiger partial charge in [0.1, 0.15) is 12.1 Å². The summed E-state index contributed by atoms with van der Waals surface area (Å²) in [5.74, 6) is -0.494. The van der Waals surface area contributed by atoms with E-state index in [9.17, 15) is 19.5 Å². The second kappa shape index (κ2) is 11.1. The van der Waals surface area contributed by atoms with Crippen molar-refractivity contribution >= 4 is 29.6 Å². The summed E-state index contributed by atoms with van der Waals surface area (Å²) < 4.78 is 5.14. The predicted octanol–water partition coefficient (Wildman–Crippen LogP) is 1.91. The van der Waals surface area contributed by atoms with Crippen LogP contribution in [0.2, 0.25) is 0 Å². The minimum atomic E-state index is -0.988. The number of carboxylic acid groups (broad SMARTS) is 1. The molecule has 0 unspecified atom stereocenters. The third kappa shape index (κ3) is 6.24. The number of ether oxygens (including phenoxy) is 1. The van der Waals surface area contributed by atoms with Crippen molar-refractivity contribution in [3.8, 4) is 0 Å². The summed E-state index contributed by atoms with van der Waals surface area (Å²) in [4.78, 5) is 37.8. The first kappa shape index (κ1) is 22.2. The van der Waals surface area contributed by atoms with E-state index in [1.165, 1.54) is 4.90 Å². The van der Waals surface area contributed by atoms with Crippen LogP contribution in [0.1, 0.15) is 32.3 Å². The zero-order valence-corrected chi connectivity index (χ0v) is 17.1. The second-order valence-corrected chi connectivity index (χ2v) is 7.75. The van der Waals surface area contributed by atoms with Crippen molar-refractivity contribution in [2.75, 3.05) is 18.9 Å². The number of nitrogens with zero attached hydrogens (tertiary/aromatic N) is 1. The normalized spacial score (nSPS) is 18.5. The van der Waals surface area contributed by atoms with E-state index in [1.807, 2.05) is 30.3 Å². The Bertz CT molecular complexity index is 670. The molecule has 8 heteroatoms. The van der Waals surface area contributed by atoms with E-state index >= 15 is 0 Å². The monoisotopic (exact) mass is 408 g/mol. The molecule has 7 nitrogen and oxygen atoms in total. The maximum Gasteiger partial charge on any atom is 0.326 e. The summed E-state index contributed by atoms with van der Waals surface area (Å²) in [7, 11) is 0. The molecule has 1 heterocycles. The number of thioether (sulfide) groups is 1. The van der Waals surface area contributed by atoms with Crippen LogP contribution in [0, 0.1) is 0 Å². The van der Waals surface area contributed by atoms with E-state index in [0.717, 1.165) is 11.3 Å². The van der Waals surface area contributed by atoms with Crippen molar-refractivity contribution < 1.29 is 24.2 Å². The van der Waals surface area contributed by atoms with Crippen LogP contribution in [-0.4, -0.2) is 64.9 Å². The van der Waals surface area contributed by atoms with Crippen LogP contribution >= 0.6 is 11.8 Å². The van der Waals surface area contributed by atoms with Crippen molar-refractivity contribution in [3.05, 3.63) is 35.9 Å². The molecule has 1 saturated heterocycles. The Morgan fingerprint density at radius 1 is 1.32 bits per heavy atom. The number of carbonyl (C=O) groups is 3. The van der Waals surface area contributed by atoms with Crippen molar-refractivity contribution in [2.45, 2.75) is 50.6 Å². The zero-order valence-electron chi connectivity index (χ0n) is 16.3. The highest BCUT2D eigenvalue weighted by Gasteiger charge is 2.37. The maximum atomic E-state index is 12.7. The van der Waals surface area contributed by atoms with Crippen molar-refractivity contribution in [3.63, 3.8) is 0 Å². The molecule has 1 fully saturated rings. The molecule has 2 N–H and O–H groups in total. The maximum absolute atomic E-state index is 12.7. The zero-order chi connectivity index (χ0) is 20.5. The quantitative estimate of drug-likeness (QED) is 0.571. The van der Waals surface area contributed by atoms with Crippen LogP contribution in [0.5, 0.6) is 0 Å². The smallest absolute Gasteiger partial charge is 0.326 e. The van der Waals surface area contributed by atoms with Gasteiger partial charge in [-0.3, -0.25) is 14.9 Å². The molecular weight excluding hydrogens is 380 g/mol. The number of likely N-dealkylation sites (tertiary alicyclic amines) is 1. The van der Waals surface area contributed by atoms with Gasteiger partial charge in [0.05, 0.1) is 12.6 Å². The lowest BCUT2D eigenvalue weighted by Gasteiger charge is -2.27. The molecule has 0 bridgehead atoms. The minimum Gasteiger partial charge on any atom is -0.480 e. The molecule has 1 aromatic rings. The van der Waals surface area contributed by atoms with Gasteiger partial charge in [-0.2, -0.15) is 11.8 Å². The SMILES string of the molecule is CCOC(=O)[C@H](CSCc1ccccc1)N[C@@H](C)C(=O)N1CCC[C@H]1C(=O)O. The fourth-order valence-corrected chi connectivity index (χ4v) is 4.22. The summed E-state index contributed by atoms with van der Waals surface area (Å²) >= 11 is 1.58. The topological polar surface area (TPSA) is 95.9 Å². The highest BCUT2D eigenvalue weighted by atomic mass is 32.2. The molecule has 28 heavy (non-hydrogen) atoms. The molecule has 0 radical (unpaired) electrons. The fraction of sp³-hybridized carbons (Fsp3) is 0.550. The minimum absolute atomic E-state index is 0.260. The standard InChI is InChI=1S/C20H28N2O5S/c1-3-27-20(26)16(13-28-12-15-8-5-4-6-9-15)21-14(2)18(23)22-11-7-10-17(22)19(24)25/h4-6,8-9,14,16-17,21H,3,7,10-13H2,1-2H3,(H,24,25)/t14-,16-,17-/m0/s1. The van der Waals surface area contributed by atoms with Gasteiger partial charge in [-0.15, -0.1) is 0 Å². The summed E-state index contributed by atoms with van der Waals surface area (Å²) in [5, 5.41) is 12.3. The first-order chi connectivity index (χ1) is 13.4. The lowest BCUT2D eigenvalue weighted by Crippen LogP contribution is -2.54. The van der Waals surface area contributed by atoms with Crippen LogP contribution < -0.4 is 5.32 Å². The van der Waals surface area contributed by atoms with Crippen molar-refractivity contribution in [2.24, 2.45) is 0 Å². The first-order valence-electron chi connectivity index (χ1n) is 9.51. The van der Waals surface area contributed by atoms with Crippen molar-refractivity contribution in [1.82, 2.24) is 10.2 Å². The Hall–Kier alpha value is -2.06. The predicted molar refractivity (Wildman–Crippen MR) is 108 cm³/mol. The number of hydrogen-bond donors (Lipinski definition) is 2. The van der Waals surface area contributed by atoms with Crippen LogP contribution in [0.15, 0.2) is 30.3 Å². The number of aliphatic carboxylic acids is 1. The Labute approximate surface area is 169 Å². The third-order valence-electron chi connectivity index (χ3n) is 4.61. The van der Waals surface area contributed by atoms with Gasteiger partial charge in [-0.25, -0.2) is 4.79 Å². The number of nitrogens with one attached hydrogen (secondary N) is 1. The Kier molecular flexibility index (Phi) is 8.79. The summed E-state index contributed by atoms with van der Waals surface area (Å²) in [5.41, 5.74) is 1.15. The lowest BCUT2D eigenvalue weighted by molar-refractivity contribution is -0.150. The molecular formula is C20H28N2O5S. The first-order valence-corrected chi connectivity index (χ1v) is 10.7. The van der Waals surface area contributed by atoms with Gasteiger partial charge in [-0.1, -0.05) is 30.3 Å². The molecule has 0 aliphatic carbocycles. The van der Waals surface area contributed by atoms with Gasteiger partial charge in [0.2, 0.25) is 5.91 Å². The Morgan fingerprint density at radius 2 is 2.04 bits per heavy atom. The van der Waals surface area contributed by atoms with Crippen molar-refractivity contribution in [1.29, 1.82) is 0 Å². The van der Waals surface area contributed by atoms with Crippen LogP contribution in [0.25, 0.3) is 0 Å². The van der Waals surface area contributed by atoms with E-state index in [1.54, 1.807) is 25.6 Å². The Balaban J connectivity index is 1.95. The third-order valence-corrected chi connectivity index (χ3v) is 5.72. The Morgan fingerprint density at radius 3 is 2.68 bits per heavy atom. The van der Waals surface area contributed by atoms with E-state index in [-0.39, 0.29) is 12.5 Å². The molecule has 154 valence electrons. The summed E-state index contributed by atoms with van der Waals surface area (Å²) in [6, 6.07) is 7.82. The molecule has 1 aliphatic heterocycles. The van der Waals surface area contributed by atoms with Gasteiger partial charge in [0.25, 0.3) is 0 Å². The fourth-order valence-electron chi connectivity index (χ4n) is 3.20. The van der Waals surface area contributed by atoms with Gasteiger partial charge < -0.3 is 14.7 Å². The molecule has 1 amide bonds. The number of amides is 1. The average molecular weight is 409 g/mol. The average Bonchev–Trinajstić information content (AvgIpc) is 3.17. The van der Waals surface area contributed by atoms with E-state index < -0.39 is 30.1 Å². The molecule has 2 rings (SSSR count). The molecule has 0 spiro atoms. The van der Waals surface area contributed by atoms with Crippen LogP contribution in [-0.2, 0) is 24.9 Å². The number of hydrogen-bond acceptors (Lipinski definition) is 6. The molecule has 3 atom stereocenters. The summed E-state index contributed by atoms with van der Waals surface area (Å²) in [6.07, 6.45) is 1.13. The van der Waals surface area contributed by atoms with E-state index in [4.69, 9.17) is 4.74 Å². The second-order valence-electron chi connectivity index (χ2n) is 6.72. The highest BCUT2D eigenvalue weighted by Crippen LogP contribution is 2.19. The largest absolute Gasteiger partial charge is 0.480 e. The highest BCUT2D eigenvalue weighted by molar-refractivity contribution is 7.98. The van der Waals surface area contributed by atoms with E-state index in [0.29, 0.717) is 25.1 Å². The lowest BCUT2D eigenvalue weighted by atomic mass is 10.2. The number of benzene rings is 1. The summed E-state index contributed by atoms with van der Waals surface area (Å²) in [6.45, 7) is 4.08. The molecule has 0 saturated carbocycles. The van der Waals surface area contributed by atoms with Gasteiger partial charge in [0.15, 0.2) is 0 Å². The van der Waals surface area contributed by atoms with Crippen LogP contribution in [0.4, 0.5) is 0 Å². The van der Waals surface area contributed by atoms with Gasteiger partial charge in [-0.05, 0) is 32.3 Å². The van der Waals surface area contributed by atoms with Crippen LogP contribution in [0.3, 0.4) is 0 Å². The number of esters is 1. The number of carboxylic acids is 1. The molecule has 1 aromatic carbocycles. The van der Waals surface area contributed by atoms with Gasteiger partial charge >= 0.3 is 11.9 Å². The van der Waals surface area contributed by atoms with Gasteiger partial charge in [0, 0.05) is 18.1 Å². The molecule has 0 aromatic heterocycles. The number of carbonyl (C=O) groups excluding carboxylic acids is 2. The molecule has 1 aliphatic rings.